The second-order valence-electron chi connectivity index (χ2n) is 4.33. The molecular formula is C11H24N2. The predicted octanol–water partition coefficient (Wildman–Crippen LogP) is 1.72. The molecule has 0 aromatic heterocycles. The van der Waals surface area contributed by atoms with Gasteiger partial charge in [-0.2, -0.15) is 0 Å². The Morgan fingerprint density at radius 2 is 2.23 bits per heavy atom. The van der Waals surface area contributed by atoms with Crippen molar-refractivity contribution in [2.45, 2.75) is 32.6 Å². The SMILES string of the molecule is CCCN(C)CC1CCCCNC1. The highest BCUT2D eigenvalue weighted by Crippen LogP contribution is 2.12. The Bertz CT molecular complexity index is 117. The lowest BCUT2D eigenvalue weighted by Crippen LogP contribution is -2.31. The third-order valence-corrected chi connectivity index (χ3v) is 2.82. The standard InChI is InChI=1S/C11H24N2/c1-3-8-13(2)10-11-6-4-5-7-12-9-11/h11-12H,3-10H2,1-2H3. The summed E-state index contributed by atoms with van der Waals surface area (Å²) in [5.74, 6) is 0.888. The Kier molecular flexibility index (Phi) is 5.40. The van der Waals surface area contributed by atoms with Gasteiger partial charge in [0.05, 0.1) is 0 Å². The Hall–Kier alpha value is -0.0800. The van der Waals surface area contributed by atoms with Gasteiger partial charge in [0.15, 0.2) is 0 Å². The van der Waals surface area contributed by atoms with Gasteiger partial charge in [0, 0.05) is 6.54 Å². The summed E-state index contributed by atoms with van der Waals surface area (Å²) in [6, 6.07) is 0. The van der Waals surface area contributed by atoms with Crippen molar-refractivity contribution in [1.82, 2.24) is 10.2 Å². The smallest absolute Gasteiger partial charge is 0.00187 e. The van der Waals surface area contributed by atoms with Crippen molar-refractivity contribution in [3.05, 3.63) is 0 Å². The van der Waals surface area contributed by atoms with Crippen LogP contribution in [0, 0.1) is 5.92 Å². The molecule has 13 heavy (non-hydrogen) atoms. The van der Waals surface area contributed by atoms with Crippen molar-refractivity contribution < 1.29 is 0 Å². The molecule has 78 valence electrons. The molecule has 0 bridgehead atoms. The molecule has 2 heteroatoms. The Morgan fingerprint density at radius 1 is 1.38 bits per heavy atom. The lowest BCUT2D eigenvalue weighted by atomic mass is 10.0. The molecule has 0 amide bonds. The molecule has 0 aromatic carbocycles. The van der Waals surface area contributed by atoms with E-state index in [1.54, 1.807) is 0 Å². The van der Waals surface area contributed by atoms with Gasteiger partial charge in [-0.3, -0.25) is 0 Å². The zero-order chi connectivity index (χ0) is 9.52. The van der Waals surface area contributed by atoms with Crippen molar-refractivity contribution >= 4 is 0 Å². The van der Waals surface area contributed by atoms with Crippen LogP contribution in [0.2, 0.25) is 0 Å². The van der Waals surface area contributed by atoms with Gasteiger partial charge in [0.2, 0.25) is 0 Å². The van der Waals surface area contributed by atoms with E-state index in [2.05, 4.69) is 24.2 Å². The first-order valence-corrected chi connectivity index (χ1v) is 5.72. The van der Waals surface area contributed by atoms with Crippen molar-refractivity contribution in [3.8, 4) is 0 Å². The summed E-state index contributed by atoms with van der Waals surface area (Å²) in [7, 11) is 2.24. The van der Waals surface area contributed by atoms with Crippen LogP contribution in [0.5, 0.6) is 0 Å². The number of rotatable bonds is 4. The van der Waals surface area contributed by atoms with E-state index in [9.17, 15) is 0 Å². The maximum atomic E-state index is 3.52. The van der Waals surface area contributed by atoms with Crippen LogP contribution in [-0.2, 0) is 0 Å². The summed E-state index contributed by atoms with van der Waals surface area (Å²) in [6.07, 6.45) is 5.48. The fraction of sp³-hybridized carbons (Fsp3) is 1.00. The van der Waals surface area contributed by atoms with Crippen LogP contribution in [0.15, 0.2) is 0 Å². The molecule has 0 radical (unpaired) electrons. The van der Waals surface area contributed by atoms with Crippen molar-refractivity contribution in [2.24, 2.45) is 5.92 Å². The second kappa shape index (κ2) is 6.39. The van der Waals surface area contributed by atoms with E-state index in [4.69, 9.17) is 0 Å². The van der Waals surface area contributed by atoms with Gasteiger partial charge < -0.3 is 10.2 Å². The summed E-state index contributed by atoms with van der Waals surface area (Å²) in [4.78, 5) is 2.47. The molecule has 0 aliphatic carbocycles. The fourth-order valence-electron chi connectivity index (χ4n) is 2.16. The monoisotopic (exact) mass is 184 g/mol. The first kappa shape index (κ1) is 11.0. The van der Waals surface area contributed by atoms with E-state index < -0.39 is 0 Å². The lowest BCUT2D eigenvalue weighted by Gasteiger charge is -2.22. The van der Waals surface area contributed by atoms with Crippen molar-refractivity contribution in [3.63, 3.8) is 0 Å². The molecule has 0 spiro atoms. The van der Waals surface area contributed by atoms with Crippen LogP contribution in [0.4, 0.5) is 0 Å². The molecular weight excluding hydrogens is 160 g/mol. The van der Waals surface area contributed by atoms with E-state index in [0.717, 1.165) is 5.92 Å². The van der Waals surface area contributed by atoms with Gasteiger partial charge in [-0.15, -0.1) is 0 Å². The summed E-state index contributed by atoms with van der Waals surface area (Å²) in [5.41, 5.74) is 0. The lowest BCUT2D eigenvalue weighted by molar-refractivity contribution is 0.267. The molecule has 1 unspecified atom stereocenters. The maximum Gasteiger partial charge on any atom is 0.00187 e. The zero-order valence-corrected chi connectivity index (χ0v) is 9.18. The van der Waals surface area contributed by atoms with E-state index in [1.165, 1.54) is 51.9 Å². The molecule has 1 aliphatic rings. The van der Waals surface area contributed by atoms with E-state index >= 15 is 0 Å². The third kappa shape index (κ3) is 4.63. The molecule has 1 rings (SSSR count). The Labute approximate surface area is 82.7 Å². The van der Waals surface area contributed by atoms with Gasteiger partial charge >= 0.3 is 0 Å². The highest BCUT2D eigenvalue weighted by atomic mass is 15.1. The summed E-state index contributed by atoms with van der Waals surface area (Å²) < 4.78 is 0. The van der Waals surface area contributed by atoms with Gasteiger partial charge in [-0.25, -0.2) is 0 Å². The molecule has 1 N–H and O–H groups in total. The minimum atomic E-state index is 0.888. The largest absolute Gasteiger partial charge is 0.316 e. The zero-order valence-electron chi connectivity index (χ0n) is 9.18. The predicted molar refractivity (Wildman–Crippen MR) is 58.0 cm³/mol. The molecule has 1 atom stereocenters. The average Bonchev–Trinajstić information content (AvgIpc) is 2.33. The Morgan fingerprint density at radius 3 is 3.00 bits per heavy atom. The first-order valence-electron chi connectivity index (χ1n) is 5.72. The minimum absolute atomic E-state index is 0.888. The normalized spacial score (nSPS) is 24.7. The van der Waals surface area contributed by atoms with Crippen LogP contribution < -0.4 is 5.32 Å². The first-order chi connectivity index (χ1) is 6.33. The molecule has 1 saturated heterocycles. The second-order valence-corrected chi connectivity index (χ2v) is 4.33. The summed E-state index contributed by atoms with van der Waals surface area (Å²) in [6.45, 7) is 7.24. The van der Waals surface area contributed by atoms with Gasteiger partial charge in [0.25, 0.3) is 0 Å². The van der Waals surface area contributed by atoms with Gasteiger partial charge in [0.1, 0.15) is 0 Å². The van der Waals surface area contributed by atoms with E-state index in [1.807, 2.05) is 0 Å². The summed E-state index contributed by atoms with van der Waals surface area (Å²) in [5, 5.41) is 3.52. The highest BCUT2D eigenvalue weighted by molar-refractivity contribution is 4.70. The molecule has 1 aliphatic heterocycles. The van der Waals surface area contributed by atoms with Crippen molar-refractivity contribution in [1.29, 1.82) is 0 Å². The van der Waals surface area contributed by atoms with Gasteiger partial charge in [-0.1, -0.05) is 13.3 Å². The summed E-state index contributed by atoms with van der Waals surface area (Å²) >= 11 is 0. The highest BCUT2D eigenvalue weighted by Gasteiger charge is 2.13. The van der Waals surface area contributed by atoms with Crippen LogP contribution in [0.3, 0.4) is 0 Å². The average molecular weight is 184 g/mol. The third-order valence-electron chi connectivity index (χ3n) is 2.82. The number of hydrogen-bond acceptors (Lipinski definition) is 2. The molecule has 0 saturated carbocycles. The maximum absolute atomic E-state index is 3.52. The number of nitrogens with one attached hydrogen (secondary N) is 1. The number of nitrogens with zero attached hydrogens (tertiary/aromatic N) is 1. The fourth-order valence-corrected chi connectivity index (χ4v) is 2.16. The molecule has 1 heterocycles. The quantitative estimate of drug-likeness (QED) is 0.715. The van der Waals surface area contributed by atoms with Crippen LogP contribution >= 0.6 is 0 Å². The number of hydrogen-bond donors (Lipinski definition) is 1. The van der Waals surface area contributed by atoms with E-state index in [-0.39, 0.29) is 0 Å². The molecule has 1 fully saturated rings. The van der Waals surface area contributed by atoms with Crippen LogP contribution in [0.25, 0.3) is 0 Å². The Balaban J connectivity index is 2.17. The molecule has 0 aromatic rings. The van der Waals surface area contributed by atoms with Crippen LogP contribution in [0.1, 0.15) is 32.6 Å². The molecule has 2 nitrogen and oxygen atoms in total. The topological polar surface area (TPSA) is 15.3 Å². The van der Waals surface area contributed by atoms with Crippen LogP contribution in [-0.4, -0.2) is 38.1 Å². The minimum Gasteiger partial charge on any atom is -0.316 e. The van der Waals surface area contributed by atoms with Crippen molar-refractivity contribution in [2.75, 3.05) is 33.2 Å². The van der Waals surface area contributed by atoms with E-state index in [0.29, 0.717) is 0 Å². The van der Waals surface area contributed by atoms with Gasteiger partial charge in [-0.05, 0) is 51.9 Å².